The standard InChI is InChI=1S/C22H19ClFNO5S2/c1-12(2)30-20(26)11-29-17-7-4-13(8-18(17)28-3)9-19-21(27)25(22(31)32-19)14-5-6-16(24)15(23)10-14/h4-10,12H,11H2,1-3H3/b19-9-. The van der Waals surface area contributed by atoms with E-state index in [0.29, 0.717) is 32.0 Å². The van der Waals surface area contributed by atoms with Crippen LogP contribution in [0.4, 0.5) is 10.1 Å². The molecule has 10 heteroatoms. The summed E-state index contributed by atoms with van der Waals surface area (Å²) in [6, 6.07) is 8.99. The number of thioether (sulfide) groups is 1. The monoisotopic (exact) mass is 495 g/mol. The number of methoxy groups -OCH3 is 1. The van der Waals surface area contributed by atoms with Gasteiger partial charge in [-0.3, -0.25) is 9.69 Å². The smallest absolute Gasteiger partial charge is 0.344 e. The van der Waals surface area contributed by atoms with Crippen molar-refractivity contribution in [1.29, 1.82) is 0 Å². The molecule has 1 fully saturated rings. The molecular formula is C22H19ClFNO5S2. The molecule has 1 amide bonds. The highest BCUT2D eigenvalue weighted by Crippen LogP contribution is 2.38. The average Bonchev–Trinajstić information content (AvgIpc) is 3.01. The van der Waals surface area contributed by atoms with Crippen molar-refractivity contribution in [1.82, 2.24) is 0 Å². The van der Waals surface area contributed by atoms with Crippen molar-refractivity contribution in [3.05, 3.63) is 57.7 Å². The number of hydrogen-bond donors (Lipinski definition) is 0. The fourth-order valence-electron chi connectivity index (χ4n) is 2.79. The number of anilines is 1. The Morgan fingerprint density at radius 2 is 2.00 bits per heavy atom. The summed E-state index contributed by atoms with van der Waals surface area (Å²) in [5.41, 5.74) is 1.05. The minimum absolute atomic E-state index is 0.0990. The first kappa shape index (κ1) is 24.0. The summed E-state index contributed by atoms with van der Waals surface area (Å²) >= 11 is 12.3. The molecule has 0 radical (unpaired) electrons. The van der Waals surface area contributed by atoms with E-state index in [1.54, 1.807) is 38.1 Å². The van der Waals surface area contributed by atoms with E-state index >= 15 is 0 Å². The molecule has 0 saturated carbocycles. The molecule has 1 heterocycles. The molecule has 1 aliphatic heterocycles. The molecule has 0 unspecified atom stereocenters. The summed E-state index contributed by atoms with van der Waals surface area (Å²) in [7, 11) is 1.47. The molecule has 1 saturated heterocycles. The number of ether oxygens (including phenoxy) is 3. The predicted molar refractivity (Wildman–Crippen MR) is 127 cm³/mol. The third-order valence-electron chi connectivity index (χ3n) is 4.15. The van der Waals surface area contributed by atoms with Gasteiger partial charge in [0, 0.05) is 0 Å². The van der Waals surface area contributed by atoms with Crippen LogP contribution in [0.25, 0.3) is 6.08 Å². The lowest BCUT2D eigenvalue weighted by molar-refractivity contribution is -0.149. The minimum atomic E-state index is -0.580. The predicted octanol–water partition coefficient (Wildman–Crippen LogP) is 5.22. The summed E-state index contributed by atoms with van der Waals surface area (Å²) in [5.74, 6) is -0.673. The van der Waals surface area contributed by atoms with Gasteiger partial charge in [0.1, 0.15) is 5.82 Å². The Labute approximate surface area is 199 Å². The topological polar surface area (TPSA) is 65.1 Å². The van der Waals surface area contributed by atoms with Crippen molar-refractivity contribution in [2.75, 3.05) is 18.6 Å². The molecule has 0 aromatic heterocycles. The molecule has 168 valence electrons. The van der Waals surface area contributed by atoms with Gasteiger partial charge in [0.2, 0.25) is 0 Å². The number of thiocarbonyl (C=S) groups is 1. The van der Waals surface area contributed by atoms with Crippen molar-refractivity contribution in [3.8, 4) is 11.5 Å². The lowest BCUT2D eigenvalue weighted by Gasteiger charge is -2.14. The van der Waals surface area contributed by atoms with Crippen molar-refractivity contribution in [2.24, 2.45) is 0 Å². The normalized spacial score (nSPS) is 14.9. The van der Waals surface area contributed by atoms with E-state index in [1.807, 2.05) is 0 Å². The lowest BCUT2D eigenvalue weighted by atomic mass is 10.2. The van der Waals surface area contributed by atoms with Crippen LogP contribution < -0.4 is 14.4 Å². The van der Waals surface area contributed by atoms with Crippen LogP contribution in [-0.2, 0) is 14.3 Å². The van der Waals surface area contributed by atoms with Crippen LogP contribution in [0, 0.1) is 5.82 Å². The average molecular weight is 496 g/mol. The van der Waals surface area contributed by atoms with Crippen LogP contribution >= 0.6 is 35.6 Å². The zero-order valence-electron chi connectivity index (χ0n) is 17.4. The van der Waals surface area contributed by atoms with Gasteiger partial charge in [0.15, 0.2) is 22.4 Å². The Hall–Kier alpha value is -2.62. The van der Waals surface area contributed by atoms with Gasteiger partial charge in [0.25, 0.3) is 5.91 Å². The second kappa shape index (κ2) is 10.3. The molecule has 0 N–H and O–H groups in total. The highest BCUT2D eigenvalue weighted by atomic mass is 35.5. The molecule has 3 rings (SSSR count). The SMILES string of the molecule is COc1cc(/C=C2\SC(=S)N(c3ccc(F)c(Cl)c3)C2=O)ccc1OCC(=O)OC(C)C. The van der Waals surface area contributed by atoms with Gasteiger partial charge < -0.3 is 14.2 Å². The number of benzene rings is 2. The number of esters is 1. The van der Waals surface area contributed by atoms with Crippen molar-refractivity contribution in [3.63, 3.8) is 0 Å². The van der Waals surface area contributed by atoms with E-state index in [1.165, 1.54) is 30.2 Å². The third-order valence-corrected chi connectivity index (χ3v) is 5.75. The van der Waals surface area contributed by atoms with Gasteiger partial charge in [-0.05, 0) is 55.8 Å². The summed E-state index contributed by atoms with van der Waals surface area (Å²) < 4.78 is 29.6. The number of rotatable bonds is 7. The molecule has 1 aliphatic rings. The summed E-state index contributed by atoms with van der Waals surface area (Å²) in [6.45, 7) is 3.24. The van der Waals surface area contributed by atoms with E-state index < -0.39 is 11.8 Å². The molecule has 2 aromatic rings. The first-order valence-electron chi connectivity index (χ1n) is 9.43. The Balaban J connectivity index is 1.79. The number of halogens is 2. The molecule has 2 aromatic carbocycles. The highest BCUT2D eigenvalue weighted by molar-refractivity contribution is 8.27. The van der Waals surface area contributed by atoms with Crippen molar-refractivity contribution in [2.45, 2.75) is 20.0 Å². The van der Waals surface area contributed by atoms with Crippen LogP contribution in [0.3, 0.4) is 0 Å². The van der Waals surface area contributed by atoms with Crippen LogP contribution in [0.15, 0.2) is 41.3 Å². The molecule has 0 atom stereocenters. The van der Waals surface area contributed by atoms with Crippen molar-refractivity contribution < 1.29 is 28.2 Å². The molecule has 6 nitrogen and oxygen atoms in total. The van der Waals surface area contributed by atoms with Gasteiger partial charge >= 0.3 is 5.97 Å². The number of amides is 1. The second-order valence-electron chi connectivity index (χ2n) is 6.85. The van der Waals surface area contributed by atoms with E-state index in [0.717, 1.165) is 11.8 Å². The van der Waals surface area contributed by atoms with E-state index in [2.05, 4.69) is 0 Å². The maximum Gasteiger partial charge on any atom is 0.344 e. The number of nitrogens with zero attached hydrogens (tertiary/aromatic N) is 1. The third kappa shape index (κ3) is 5.59. The number of carbonyl (C=O) groups is 2. The Morgan fingerprint density at radius 1 is 1.25 bits per heavy atom. The van der Waals surface area contributed by atoms with Crippen LogP contribution in [0.5, 0.6) is 11.5 Å². The van der Waals surface area contributed by atoms with Gasteiger partial charge in [0.05, 0.1) is 28.8 Å². The quantitative estimate of drug-likeness (QED) is 0.296. The van der Waals surface area contributed by atoms with E-state index in [9.17, 15) is 14.0 Å². The Bertz CT molecular complexity index is 1110. The summed E-state index contributed by atoms with van der Waals surface area (Å²) in [5, 5.41) is -0.0990. The van der Waals surface area contributed by atoms with Crippen LogP contribution in [0.2, 0.25) is 5.02 Å². The number of hydrogen-bond acceptors (Lipinski definition) is 7. The van der Waals surface area contributed by atoms with E-state index in [-0.39, 0.29) is 23.6 Å². The Morgan fingerprint density at radius 3 is 2.66 bits per heavy atom. The fraction of sp³-hybridized carbons (Fsp3) is 0.227. The van der Waals surface area contributed by atoms with Gasteiger partial charge in [-0.15, -0.1) is 0 Å². The summed E-state index contributed by atoms with van der Waals surface area (Å²) in [6.07, 6.45) is 1.42. The van der Waals surface area contributed by atoms with Crippen molar-refractivity contribution >= 4 is 63.5 Å². The van der Waals surface area contributed by atoms with Gasteiger partial charge in [-0.1, -0.05) is 41.6 Å². The molecule has 0 spiro atoms. The first-order chi connectivity index (χ1) is 15.2. The summed E-state index contributed by atoms with van der Waals surface area (Å²) in [4.78, 5) is 26.3. The van der Waals surface area contributed by atoms with Gasteiger partial charge in [-0.25, -0.2) is 9.18 Å². The van der Waals surface area contributed by atoms with Crippen LogP contribution in [0.1, 0.15) is 19.4 Å². The minimum Gasteiger partial charge on any atom is -0.493 e. The van der Waals surface area contributed by atoms with E-state index in [4.69, 9.17) is 38.0 Å². The largest absolute Gasteiger partial charge is 0.493 e. The molecule has 32 heavy (non-hydrogen) atoms. The fourth-order valence-corrected chi connectivity index (χ4v) is 4.27. The highest BCUT2D eigenvalue weighted by Gasteiger charge is 2.33. The lowest BCUT2D eigenvalue weighted by Crippen LogP contribution is -2.27. The Kier molecular flexibility index (Phi) is 7.76. The molecule has 0 aliphatic carbocycles. The maximum atomic E-state index is 13.5. The number of carbonyl (C=O) groups excluding carboxylic acids is 2. The maximum absolute atomic E-state index is 13.5. The molecular weight excluding hydrogens is 477 g/mol. The second-order valence-corrected chi connectivity index (χ2v) is 8.94. The zero-order valence-corrected chi connectivity index (χ0v) is 19.8. The van der Waals surface area contributed by atoms with Gasteiger partial charge in [-0.2, -0.15) is 0 Å². The zero-order chi connectivity index (χ0) is 23.4. The first-order valence-corrected chi connectivity index (χ1v) is 11.0. The van der Waals surface area contributed by atoms with Crippen LogP contribution in [-0.4, -0.2) is 36.0 Å². The molecule has 0 bridgehead atoms.